The summed E-state index contributed by atoms with van der Waals surface area (Å²) < 4.78 is 13.3. The molecule has 150 valence electrons. The fourth-order valence-corrected chi connectivity index (χ4v) is 3.80. The fourth-order valence-electron chi connectivity index (χ4n) is 3.80. The Labute approximate surface area is 173 Å². The summed E-state index contributed by atoms with van der Waals surface area (Å²) in [5, 5.41) is 11.0. The highest BCUT2D eigenvalue weighted by Crippen LogP contribution is 2.42. The molecule has 1 fully saturated rings. The Balaban J connectivity index is 1.96. The van der Waals surface area contributed by atoms with E-state index in [-0.39, 0.29) is 16.9 Å². The van der Waals surface area contributed by atoms with Gasteiger partial charge in [0.05, 0.1) is 11.6 Å². The summed E-state index contributed by atoms with van der Waals surface area (Å²) in [6, 6.07) is 19.2. The molecule has 5 heteroatoms. The molecule has 0 spiro atoms. The van der Waals surface area contributed by atoms with Gasteiger partial charge < -0.3 is 5.11 Å². The molecule has 1 heterocycles. The molecule has 30 heavy (non-hydrogen) atoms. The second-order valence-corrected chi connectivity index (χ2v) is 7.43. The molecular weight excluding hydrogens is 381 g/mol. The van der Waals surface area contributed by atoms with Gasteiger partial charge >= 0.3 is 0 Å². The Morgan fingerprint density at radius 3 is 2.17 bits per heavy atom. The van der Waals surface area contributed by atoms with E-state index in [1.807, 2.05) is 56.3 Å². The van der Waals surface area contributed by atoms with Crippen LogP contribution in [0.2, 0.25) is 0 Å². The molecule has 4 nitrogen and oxygen atoms in total. The predicted octanol–water partition coefficient (Wildman–Crippen LogP) is 5.07. The van der Waals surface area contributed by atoms with Crippen LogP contribution in [0.15, 0.2) is 78.4 Å². The van der Waals surface area contributed by atoms with E-state index < -0.39 is 23.5 Å². The summed E-state index contributed by atoms with van der Waals surface area (Å²) in [5.74, 6) is -2.27. The van der Waals surface area contributed by atoms with Crippen LogP contribution in [0.25, 0.3) is 5.76 Å². The topological polar surface area (TPSA) is 57.6 Å². The number of amides is 1. The van der Waals surface area contributed by atoms with E-state index in [9.17, 15) is 19.1 Å². The average molecular weight is 401 g/mol. The molecule has 0 saturated carbocycles. The van der Waals surface area contributed by atoms with Crippen LogP contribution in [0.1, 0.15) is 28.3 Å². The zero-order valence-corrected chi connectivity index (χ0v) is 16.6. The minimum atomic E-state index is -0.795. The number of nitrogens with zero attached hydrogens (tertiary/aromatic N) is 1. The summed E-state index contributed by atoms with van der Waals surface area (Å²) in [6.45, 7) is 3.82. The molecule has 0 aliphatic carbocycles. The second kappa shape index (κ2) is 7.59. The van der Waals surface area contributed by atoms with Crippen LogP contribution in [0.4, 0.5) is 10.1 Å². The summed E-state index contributed by atoms with van der Waals surface area (Å²) >= 11 is 0. The Hall–Kier alpha value is -3.73. The third-order valence-electron chi connectivity index (χ3n) is 5.20. The van der Waals surface area contributed by atoms with Crippen LogP contribution in [0.5, 0.6) is 0 Å². The number of hydrogen-bond acceptors (Lipinski definition) is 3. The van der Waals surface area contributed by atoms with Crippen LogP contribution in [0.3, 0.4) is 0 Å². The molecule has 3 aromatic rings. The van der Waals surface area contributed by atoms with Crippen molar-refractivity contribution in [1.82, 2.24) is 0 Å². The average Bonchev–Trinajstić information content (AvgIpc) is 2.99. The van der Waals surface area contributed by atoms with Crippen LogP contribution < -0.4 is 4.90 Å². The first kappa shape index (κ1) is 19.6. The maximum atomic E-state index is 13.3. The third-order valence-corrected chi connectivity index (χ3v) is 5.20. The summed E-state index contributed by atoms with van der Waals surface area (Å²) in [4.78, 5) is 27.5. The quantitative estimate of drug-likeness (QED) is 0.379. The standard InChI is InChI=1S/C25H20FNO3/c1-15-5-3-7-18(13-15)22-21(23(28)17-9-11-19(26)12-10-17)24(29)25(30)27(22)20-8-4-6-16(2)14-20/h3-14,22,28H,1-2H3/b23-21+. The Kier molecular flexibility index (Phi) is 4.96. The number of rotatable bonds is 3. The molecule has 1 aliphatic heterocycles. The Bertz CT molecular complexity index is 1180. The van der Waals surface area contributed by atoms with Crippen LogP contribution >= 0.6 is 0 Å². The number of carbonyl (C=O) groups excluding carboxylic acids is 2. The van der Waals surface area contributed by atoms with Crippen molar-refractivity contribution in [2.24, 2.45) is 0 Å². The van der Waals surface area contributed by atoms with Gasteiger partial charge in [-0.3, -0.25) is 14.5 Å². The van der Waals surface area contributed by atoms with Crippen molar-refractivity contribution in [1.29, 1.82) is 0 Å². The predicted molar refractivity (Wildman–Crippen MR) is 114 cm³/mol. The molecule has 3 aromatic carbocycles. The van der Waals surface area contributed by atoms with Gasteiger partial charge in [-0.2, -0.15) is 0 Å². The van der Waals surface area contributed by atoms with E-state index in [1.165, 1.54) is 29.2 Å². The van der Waals surface area contributed by atoms with E-state index in [0.717, 1.165) is 11.1 Å². The number of hydrogen-bond donors (Lipinski definition) is 1. The molecule has 0 aromatic heterocycles. The van der Waals surface area contributed by atoms with Gasteiger partial charge in [0.15, 0.2) is 0 Å². The number of benzene rings is 3. The van der Waals surface area contributed by atoms with Gasteiger partial charge in [-0.05, 0) is 61.4 Å². The van der Waals surface area contributed by atoms with Crippen molar-refractivity contribution in [3.05, 3.63) is 106 Å². The van der Waals surface area contributed by atoms with Crippen molar-refractivity contribution in [2.45, 2.75) is 19.9 Å². The summed E-state index contributed by atoms with van der Waals surface area (Å²) in [7, 11) is 0. The number of aliphatic hydroxyl groups excluding tert-OH is 1. The minimum Gasteiger partial charge on any atom is -0.507 e. The lowest BCUT2D eigenvalue weighted by Crippen LogP contribution is -2.29. The largest absolute Gasteiger partial charge is 0.507 e. The van der Waals surface area contributed by atoms with Gasteiger partial charge in [0.25, 0.3) is 11.7 Å². The number of Topliss-reactive ketones (excluding diaryl/α,β-unsaturated/α-hetero) is 1. The maximum absolute atomic E-state index is 13.3. The highest BCUT2D eigenvalue weighted by molar-refractivity contribution is 6.51. The van der Waals surface area contributed by atoms with E-state index in [4.69, 9.17) is 0 Å². The van der Waals surface area contributed by atoms with Crippen LogP contribution in [-0.2, 0) is 9.59 Å². The second-order valence-electron chi connectivity index (χ2n) is 7.43. The van der Waals surface area contributed by atoms with Crippen molar-refractivity contribution < 1.29 is 19.1 Å². The van der Waals surface area contributed by atoms with Gasteiger partial charge in [-0.1, -0.05) is 42.0 Å². The van der Waals surface area contributed by atoms with Gasteiger partial charge in [-0.25, -0.2) is 4.39 Å². The highest BCUT2D eigenvalue weighted by Gasteiger charge is 2.47. The number of carbonyl (C=O) groups is 2. The first-order chi connectivity index (χ1) is 14.4. The smallest absolute Gasteiger partial charge is 0.300 e. The zero-order valence-electron chi connectivity index (χ0n) is 16.6. The molecule has 1 aliphatic rings. The lowest BCUT2D eigenvalue weighted by Gasteiger charge is -2.26. The van der Waals surface area contributed by atoms with Gasteiger partial charge in [0.1, 0.15) is 11.6 Å². The number of ketones is 1. The van der Waals surface area contributed by atoms with Crippen molar-refractivity contribution >= 4 is 23.1 Å². The number of halogens is 1. The fraction of sp³-hybridized carbons (Fsp3) is 0.120. The SMILES string of the molecule is Cc1cccc(C2/C(=C(\O)c3ccc(F)cc3)C(=O)C(=O)N2c2cccc(C)c2)c1. The molecule has 4 rings (SSSR count). The number of anilines is 1. The molecule has 1 amide bonds. The first-order valence-electron chi connectivity index (χ1n) is 9.57. The third kappa shape index (κ3) is 3.39. The molecule has 1 N–H and O–H groups in total. The van der Waals surface area contributed by atoms with E-state index in [0.29, 0.717) is 11.3 Å². The number of aliphatic hydroxyl groups is 1. The van der Waals surface area contributed by atoms with E-state index in [2.05, 4.69) is 0 Å². The summed E-state index contributed by atoms with van der Waals surface area (Å²) in [6.07, 6.45) is 0. The zero-order chi connectivity index (χ0) is 21.4. The van der Waals surface area contributed by atoms with Crippen LogP contribution in [-0.4, -0.2) is 16.8 Å². The monoisotopic (exact) mass is 401 g/mol. The lowest BCUT2D eigenvalue weighted by atomic mass is 9.94. The first-order valence-corrected chi connectivity index (χ1v) is 9.57. The molecule has 0 radical (unpaired) electrons. The van der Waals surface area contributed by atoms with Gasteiger partial charge in [0, 0.05) is 11.3 Å². The lowest BCUT2D eigenvalue weighted by molar-refractivity contribution is -0.132. The molecular formula is C25H20FNO3. The van der Waals surface area contributed by atoms with Gasteiger partial charge in [-0.15, -0.1) is 0 Å². The Morgan fingerprint density at radius 2 is 1.53 bits per heavy atom. The van der Waals surface area contributed by atoms with Crippen molar-refractivity contribution in [3.63, 3.8) is 0 Å². The van der Waals surface area contributed by atoms with Gasteiger partial charge in [0.2, 0.25) is 0 Å². The number of aryl methyl sites for hydroxylation is 2. The van der Waals surface area contributed by atoms with E-state index in [1.54, 1.807) is 6.07 Å². The molecule has 1 unspecified atom stereocenters. The normalized spacial score (nSPS) is 18.1. The van der Waals surface area contributed by atoms with E-state index >= 15 is 0 Å². The minimum absolute atomic E-state index is 0.0151. The Morgan fingerprint density at radius 1 is 0.900 bits per heavy atom. The molecule has 1 saturated heterocycles. The molecule has 1 atom stereocenters. The van der Waals surface area contributed by atoms with Crippen molar-refractivity contribution in [2.75, 3.05) is 4.90 Å². The van der Waals surface area contributed by atoms with Crippen molar-refractivity contribution in [3.8, 4) is 0 Å². The maximum Gasteiger partial charge on any atom is 0.300 e. The highest BCUT2D eigenvalue weighted by atomic mass is 19.1. The summed E-state index contributed by atoms with van der Waals surface area (Å²) in [5.41, 5.74) is 3.44. The van der Waals surface area contributed by atoms with Crippen LogP contribution in [0, 0.1) is 19.7 Å². The molecule has 0 bridgehead atoms.